The quantitative estimate of drug-likeness (QED) is 0.111. The van der Waals surface area contributed by atoms with E-state index < -0.39 is 49.8 Å². The molecule has 4 rings (SSSR count). The average Bonchev–Trinajstić information content (AvgIpc) is 3.48. The van der Waals surface area contributed by atoms with Gasteiger partial charge in [0.1, 0.15) is 29.2 Å². The summed E-state index contributed by atoms with van der Waals surface area (Å²) in [5, 5.41) is 0.792. The van der Waals surface area contributed by atoms with E-state index in [9.17, 15) is 17.6 Å². The molecule has 1 atom stereocenters. The van der Waals surface area contributed by atoms with Crippen molar-refractivity contribution in [3.05, 3.63) is 100 Å². The highest BCUT2D eigenvalue weighted by Gasteiger charge is 2.32. The summed E-state index contributed by atoms with van der Waals surface area (Å²) < 4.78 is 86.1. The fraction of sp³-hybridized carbons (Fsp3) is 0.371. The number of hydrogen-bond donors (Lipinski definition) is 1. The minimum absolute atomic E-state index is 0. The molecule has 4 aromatic rings. The Bertz CT molecular complexity index is 1930. The summed E-state index contributed by atoms with van der Waals surface area (Å²) in [4.78, 5) is 16.3. The number of rotatable bonds is 15. The standard InChI is InChI=1S/C35H41ClF3N4O5S2.ClH/c1-35(2,22-10-15-27(36)31(17-22)47-6)32-20-40-34(42(32)24-13-11-23(37)12-14-24)49-21-26-28(38)18-25(19-29(26)39)50(45,46)41-30(33(44)48-7)9-8-16-43(3,4)5;/h10-15,17-20,30,41H,8-9,16,21H2,1-7H3;1H/q+1;/p-1. The van der Waals surface area contributed by atoms with Crippen molar-refractivity contribution in [3.8, 4) is 11.4 Å². The van der Waals surface area contributed by atoms with Crippen LogP contribution in [0.3, 0.4) is 0 Å². The molecule has 0 bridgehead atoms. The largest absolute Gasteiger partial charge is 1.00 e. The molecule has 0 fully saturated rings. The van der Waals surface area contributed by atoms with Gasteiger partial charge in [-0.3, -0.25) is 9.36 Å². The lowest BCUT2D eigenvalue weighted by atomic mass is 9.81. The van der Waals surface area contributed by atoms with Gasteiger partial charge in [0, 0.05) is 22.4 Å². The second-order valence-electron chi connectivity index (χ2n) is 13.2. The Kier molecular flexibility index (Phi) is 14.1. The van der Waals surface area contributed by atoms with Crippen LogP contribution in [0.1, 0.15) is 43.5 Å². The van der Waals surface area contributed by atoms with Crippen molar-refractivity contribution in [2.45, 2.75) is 54.0 Å². The zero-order valence-corrected chi connectivity index (χ0v) is 32.4. The molecule has 1 N–H and O–H groups in total. The fourth-order valence-electron chi connectivity index (χ4n) is 5.32. The van der Waals surface area contributed by atoms with E-state index >= 15 is 8.78 Å². The molecule has 0 amide bonds. The highest BCUT2D eigenvalue weighted by molar-refractivity contribution is 7.98. The Labute approximate surface area is 312 Å². The summed E-state index contributed by atoms with van der Waals surface area (Å²) >= 11 is 7.29. The number of esters is 1. The third kappa shape index (κ3) is 10.2. The van der Waals surface area contributed by atoms with Crippen LogP contribution in [-0.2, 0) is 30.7 Å². The van der Waals surface area contributed by atoms with Gasteiger partial charge in [0.25, 0.3) is 0 Å². The molecule has 9 nitrogen and oxygen atoms in total. The van der Waals surface area contributed by atoms with E-state index in [1.54, 1.807) is 29.0 Å². The lowest BCUT2D eigenvalue weighted by molar-refractivity contribution is -0.870. The molecule has 0 aliphatic rings. The van der Waals surface area contributed by atoms with Gasteiger partial charge in [0.15, 0.2) is 5.16 Å². The SMILES string of the molecule is COC(=O)C(CCC[N+](C)(C)C)NS(=O)(=O)c1cc(F)c(CSc2ncc(C(C)(C)c3ccc(Cl)c(OC)c3)n2-c2ccc(F)cc2)c(F)c1.[Cl-]. The van der Waals surface area contributed by atoms with Gasteiger partial charge in [0.2, 0.25) is 10.0 Å². The molecule has 1 unspecified atom stereocenters. The number of quaternary nitrogens is 1. The van der Waals surface area contributed by atoms with Crippen molar-refractivity contribution in [1.82, 2.24) is 14.3 Å². The van der Waals surface area contributed by atoms with E-state index in [1.165, 1.54) is 19.2 Å². The number of nitrogens with one attached hydrogen (secondary N) is 1. The molecular weight excluding hydrogens is 748 g/mol. The Hall–Kier alpha value is -3.27. The van der Waals surface area contributed by atoms with E-state index in [0.717, 1.165) is 36.6 Å². The van der Waals surface area contributed by atoms with Gasteiger partial charge in [-0.15, -0.1) is 0 Å². The highest BCUT2D eigenvalue weighted by Crippen LogP contribution is 2.39. The number of nitrogens with zero attached hydrogens (tertiary/aromatic N) is 3. The van der Waals surface area contributed by atoms with Crippen molar-refractivity contribution in [2.75, 3.05) is 41.9 Å². The predicted molar refractivity (Wildman–Crippen MR) is 188 cm³/mol. The number of halogens is 5. The first-order valence-electron chi connectivity index (χ1n) is 15.6. The Morgan fingerprint density at radius 2 is 1.67 bits per heavy atom. The molecule has 0 aliphatic carbocycles. The number of aromatic nitrogens is 2. The summed E-state index contributed by atoms with van der Waals surface area (Å²) in [6.07, 6.45) is 2.26. The summed E-state index contributed by atoms with van der Waals surface area (Å²) in [7, 11) is 4.01. The summed E-state index contributed by atoms with van der Waals surface area (Å²) in [6.45, 7) is 4.57. The molecule has 1 aromatic heterocycles. The van der Waals surface area contributed by atoms with Crippen LogP contribution in [0.4, 0.5) is 13.2 Å². The number of carbonyl (C=O) groups is 1. The van der Waals surface area contributed by atoms with Crippen molar-refractivity contribution >= 4 is 39.4 Å². The number of ether oxygens (including phenoxy) is 2. The number of sulfonamides is 1. The maximum atomic E-state index is 15.5. The first-order valence-corrected chi connectivity index (χ1v) is 18.4. The van der Waals surface area contributed by atoms with Gasteiger partial charge < -0.3 is 26.4 Å². The predicted octanol–water partition coefficient (Wildman–Crippen LogP) is 3.88. The van der Waals surface area contributed by atoms with Crippen LogP contribution < -0.4 is 21.9 Å². The number of carbonyl (C=O) groups excluding carboxylic acids is 1. The number of methoxy groups -OCH3 is 2. The monoisotopic (exact) mass is 788 g/mol. The highest BCUT2D eigenvalue weighted by atomic mass is 35.5. The molecule has 0 radical (unpaired) electrons. The van der Waals surface area contributed by atoms with Crippen LogP contribution in [0.5, 0.6) is 5.75 Å². The second kappa shape index (κ2) is 17.0. The summed E-state index contributed by atoms with van der Waals surface area (Å²) in [5.74, 6) is -3.21. The van der Waals surface area contributed by atoms with Crippen molar-refractivity contribution in [1.29, 1.82) is 0 Å². The topological polar surface area (TPSA) is 99.5 Å². The number of benzene rings is 3. The van der Waals surface area contributed by atoms with Gasteiger partial charge in [-0.25, -0.2) is 26.6 Å². The first-order chi connectivity index (χ1) is 23.4. The Morgan fingerprint density at radius 1 is 1.04 bits per heavy atom. The van der Waals surface area contributed by atoms with Crippen LogP contribution in [0.2, 0.25) is 5.02 Å². The van der Waals surface area contributed by atoms with Crippen LogP contribution in [0, 0.1) is 17.5 Å². The molecule has 16 heteroatoms. The van der Waals surface area contributed by atoms with Crippen molar-refractivity contribution in [3.63, 3.8) is 0 Å². The number of imidazole rings is 1. The van der Waals surface area contributed by atoms with Gasteiger partial charge in [-0.1, -0.05) is 43.3 Å². The Balaban J connectivity index is 0.00000702. The van der Waals surface area contributed by atoms with E-state index in [2.05, 4.69) is 9.71 Å². The number of thioether (sulfide) groups is 1. The molecule has 278 valence electrons. The lowest BCUT2D eigenvalue weighted by Crippen LogP contribution is -3.00. The molecule has 0 saturated carbocycles. The van der Waals surface area contributed by atoms with Gasteiger partial charge in [-0.05, 0) is 66.9 Å². The molecule has 0 spiro atoms. The van der Waals surface area contributed by atoms with Crippen LogP contribution >= 0.6 is 23.4 Å². The molecular formula is C35H41Cl2F3N4O5S2. The van der Waals surface area contributed by atoms with Gasteiger partial charge in [-0.2, -0.15) is 4.72 Å². The minimum Gasteiger partial charge on any atom is -1.00 e. The van der Waals surface area contributed by atoms with E-state index in [-0.39, 0.29) is 30.1 Å². The molecule has 51 heavy (non-hydrogen) atoms. The van der Waals surface area contributed by atoms with E-state index in [0.29, 0.717) is 44.8 Å². The molecule has 1 heterocycles. The first kappa shape index (κ1) is 42.1. The Morgan fingerprint density at radius 3 is 2.24 bits per heavy atom. The molecule has 0 aliphatic heterocycles. The van der Waals surface area contributed by atoms with E-state index in [1.807, 2.05) is 47.1 Å². The third-order valence-corrected chi connectivity index (χ3v) is 10.9. The summed E-state index contributed by atoms with van der Waals surface area (Å²) in [5.41, 5.74) is 1.00. The van der Waals surface area contributed by atoms with Gasteiger partial charge in [0.05, 0.1) is 63.7 Å². The smallest absolute Gasteiger partial charge is 0.323 e. The fourth-order valence-corrected chi connectivity index (χ4v) is 7.76. The van der Waals surface area contributed by atoms with Crippen LogP contribution in [0.15, 0.2) is 70.8 Å². The third-order valence-electron chi connectivity index (χ3n) is 8.20. The maximum Gasteiger partial charge on any atom is 0.323 e. The summed E-state index contributed by atoms with van der Waals surface area (Å²) in [6, 6.07) is 11.3. The molecule has 0 saturated heterocycles. The average molecular weight is 790 g/mol. The second-order valence-corrected chi connectivity index (χ2v) is 16.3. The van der Waals surface area contributed by atoms with Crippen LogP contribution in [0.25, 0.3) is 5.69 Å². The van der Waals surface area contributed by atoms with Crippen molar-refractivity contribution < 1.29 is 52.7 Å². The van der Waals surface area contributed by atoms with E-state index in [4.69, 9.17) is 21.1 Å². The normalized spacial score (nSPS) is 12.7. The van der Waals surface area contributed by atoms with Crippen LogP contribution in [-0.4, -0.2) is 76.4 Å². The zero-order chi connectivity index (χ0) is 37.0. The molecule has 3 aromatic carbocycles. The maximum absolute atomic E-state index is 15.5. The minimum atomic E-state index is -4.51. The lowest BCUT2D eigenvalue weighted by Gasteiger charge is -2.28. The number of hydrogen-bond acceptors (Lipinski definition) is 7. The van der Waals surface area contributed by atoms with Gasteiger partial charge >= 0.3 is 5.97 Å². The zero-order valence-electron chi connectivity index (χ0n) is 29.3. The van der Waals surface area contributed by atoms with Crippen molar-refractivity contribution in [2.24, 2.45) is 0 Å².